The van der Waals surface area contributed by atoms with Gasteiger partial charge in [-0.25, -0.2) is 4.58 Å². The first-order valence-corrected chi connectivity index (χ1v) is 13.0. The van der Waals surface area contributed by atoms with E-state index in [0.717, 1.165) is 80.7 Å². The number of carbonyl (C=O) groups excluding carboxylic acids is 1. The molecule has 0 aromatic heterocycles. The van der Waals surface area contributed by atoms with Gasteiger partial charge >= 0.3 is 0 Å². The van der Waals surface area contributed by atoms with Crippen molar-refractivity contribution in [1.29, 1.82) is 0 Å². The lowest BCUT2D eigenvalue weighted by Crippen LogP contribution is -2.23. The molecule has 0 saturated heterocycles. The maximum Gasteiger partial charge on any atom is 0.219 e. The topological polar surface area (TPSA) is 66.5 Å². The van der Waals surface area contributed by atoms with Crippen molar-refractivity contribution in [2.45, 2.75) is 40.0 Å². The van der Waals surface area contributed by atoms with Crippen molar-refractivity contribution >= 4 is 22.6 Å². The van der Waals surface area contributed by atoms with E-state index in [1.807, 2.05) is 21.0 Å². The van der Waals surface area contributed by atoms with Crippen LogP contribution in [0.15, 0.2) is 52.9 Å². The van der Waals surface area contributed by atoms with E-state index in [4.69, 9.17) is 9.15 Å². The number of aryl methyl sites for hydroxylation is 2. The second-order valence-electron chi connectivity index (χ2n) is 9.74. The summed E-state index contributed by atoms with van der Waals surface area (Å²) in [5.41, 5.74) is 7.46. The Balaban J connectivity index is 1.73. The molecule has 2 N–H and O–H groups in total. The van der Waals surface area contributed by atoms with Crippen molar-refractivity contribution in [3.63, 3.8) is 0 Å². The lowest BCUT2D eigenvalue weighted by molar-refractivity contribution is -0.120. The van der Waals surface area contributed by atoms with Gasteiger partial charge in [-0.1, -0.05) is 6.92 Å². The molecule has 0 bridgehead atoms. The summed E-state index contributed by atoms with van der Waals surface area (Å²) in [6.07, 6.45) is 2.44. The molecule has 6 nitrogen and oxygen atoms in total. The van der Waals surface area contributed by atoms with Crippen LogP contribution >= 0.6 is 0 Å². The Labute approximate surface area is 219 Å². The zero-order valence-electron chi connectivity index (χ0n) is 22.8. The fourth-order valence-corrected chi connectivity index (χ4v) is 4.83. The molecule has 2 aromatic carbocycles. The summed E-state index contributed by atoms with van der Waals surface area (Å²) in [7, 11) is 5.80. The fraction of sp³-hybridized carbons (Fsp3) is 0.355. The van der Waals surface area contributed by atoms with E-state index in [-0.39, 0.29) is 5.91 Å². The van der Waals surface area contributed by atoms with E-state index in [0.29, 0.717) is 13.0 Å². The first-order valence-electron chi connectivity index (χ1n) is 13.0. The second kappa shape index (κ2) is 11.5. The number of methoxy groups -OCH3 is 1. The van der Waals surface area contributed by atoms with Crippen LogP contribution in [0.1, 0.15) is 37.3 Å². The monoisotopic (exact) mass is 500 g/mol. The molecular formula is C31H38N3O3+. The van der Waals surface area contributed by atoms with Crippen LogP contribution in [0.3, 0.4) is 0 Å². The Bertz CT molecular complexity index is 1440. The molecule has 0 radical (unpaired) electrons. The van der Waals surface area contributed by atoms with E-state index in [2.05, 4.69) is 77.6 Å². The Hall–Kier alpha value is -3.80. The van der Waals surface area contributed by atoms with Crippen molar-refractivity contribution in [2.24, 2.45) is 0 Å². The zero-order chi connectivity index (χ0) is 26.5. The normalized spacial score (nSPS) is 11.1. The summed E-state index contributed by atoms with van der Waals surface area (Å²) in [4.78, 5) is 11.4. The first-order chi connectivity index (χ1) is 17.8. The molecule has 1 aliphatic heterocycles. The van der Waals surface area contributed by atoms with Crippen molar-refractivity contribution < 1.29 is 13.9 Å². The number of amides is 1. The molecule has 1 amide bonds. The molecule has 194 valence electrons. The number of rotatable bonds is 9. The van der Waals surface area contributed by atoms with Gasteiger partial charge in [-0.15, -0.1) is 0 Å². The SMILES string of the molecule is CCC(=O)NCCCCNc1ccc2c(-c3cc(C)c(OC)c(C)c3)c3ccc(=[N+](C)C)cc-3oc2c1. The maximum absolute atomic E-state index is 11.4. The minimum atomic E-state index is 0.104. The maximum atomic E-state index is 11.4. The van der Waals surface area contributed by atoms with Gasteiger partial charge < -0.3 is 19.8 Å². The third kappa shape index (κ3) is 5.79. The largest absolute Gasteiger partial charge is 0.496 e. The molecule has 0 saturated carbocycles. The van der Waals surface area contributed by atoms with Gasteiger partial charge in [0.05, 0.1) is 13.2 Å². The number of hydrogen-bond donors (Lipinski definition) is 2. The van der Waals surface area contributed by atoms with Crippen LogP contribution in [0.4, 0.5) is 5.69 Å². The van der Waals surface area contributed by atoms with Crippen molar-refractivity contribution in [3.05, 3.63) is 65.0 Å². The molecule has 2 aromatic rings. The summed E-state index contributed by atoms with van der Waals surface area (Å²) in [6, 6.07) is 17.1. The highest BCUT2D eigenvalue weighted by atomic mass is 16.5. The van der Waals surface area contributed by atoms with Gasteiger partial charge in [0.25, 0.3) is 0 Å². The van der Waals surface area contributed by atoms with Gasteiger partial charge in [-0.3, -0.25) is 4.79 Å². The van der Waals surface area contributed by atoms with Gasteiger partial charge in [0.2, 0.25) is 11.3 Å². The van der Waals surface area contributed by atoms with Gasteiger partial charge in [-0.05, 0) is 73.7 Å². The van der Waals surface area contributed by atoms with Crippen LogP contribution in [-0.2, 0) is 4.79 Å². The highest BCUT2D eigenvalue weighted by Crippen LogP contribution is 2.42. The molecule has 1 heterocycles. The van der Waals surface area contributed by atoms with E-state index >= 15 is 0 Å². The third-order valence-corrected chi connectivity index (χ3v) is 6.75. The van der Waals surface area contributed by atoms with Gasteiger partial charge in [0.15, 0.2) is 0 Å². The molecule has 4 rings (SSSR count). The van der Waals surface area contributed by atoms with Crippen molar-refractivity contribution in [1.82, 2.24) is 9.89 Å². The predicted molar refractivity (Wildman–Crippen MR) is 152 cm³/mol. The Kier molecular flexibility index (Phi) is 8.17. The minimum Gasteiger partial charge on any atom is -0.496 e. The van der Waals surface area contributed by atoms with E-state index in [9.17, 15) is 4.79 Å². The Morgan fingerprint density at radius 2 is 1.70 bits per heavy atom. The zero-order valence-corrected chi connectivity index (χ0v) is 22.8. The smallest absolute Gasteiger partial charge is 0.219 e. The molecule has 1 aliphatic carbocycles. The lowest BCUT2D eigenvalue weighted by atomic mass is 9.91. The molecule has 0 spiro atoms. The van der Waals surface area contributed by atoms with Crippen LogP contribution in [0.25, 0.3) is 33.4 Å². The number of carbonyl (C=O) groups is 1. The van der Waals surface area contributed by atoms with Crippen LogP contribution in [0.5, 0.6) is 5.75 Å². The van der Waals surface area contributed by atoms with E-state index in [1.165, 1.54) is 0 Å². The first kappa shape index (κ1) is 26.3. The standard InChI is InChI=1S/C31H37N3O3/c1-7-29(35)33-15-9-8-14-32-23-10-12-25-27(18-23)37-28-19-24(34(4)5)11-13-26(28)30(25)22-16-20(2)31(36-6)21(3)17-22/h10-13,16-19H,7-9,14-15H2,1-6H3,(H,33,35)/p+1. The molecule has 0 atom stereocenters. The number of nitrogens with zero attached hydrogens (tertiary/aromatic N) is 1. The highest BCUT2D eigenvalue weighted by molar-refractivity contribution is 6.02. The minimum absolute atomic E-state index is 0.104. The number of anilines is 1. The summed E-state index contributed by atoms with van der Waals surface area (Å²) in [6.45, 7) is 7.59. The average molecular weight is 501 g/mol. The molecular weight excluding hydrogens is 462 g/mol. The fourth-order valence-electron chi connectivity index (χ4n) is 4.83. The van der Waals surface area contributed by atoms with Crippen molar-refractivity contribution in [2.75, 3.05) is 39.6 Å². The number of unbranched alkanes of at least 4 members (excludes halogenated alkanes) is 1. The van der Waals surface area contributed by atoms with Crippen LogP contribution in [0.2, 0.25) is 0 Å². The van der Waals surface area contributed by atoms with E-state index in [1.54, 1.807) is 7.11 Å². The molecule has 6 heteroatoms. The Morgan fingerprint density at radius 3 is 2.38 bits per heavy atom. The lowest BCUT2D eigenvalue weighted by Gasteiger charge is -2.18. The van der Waals surface area contributed by atoms with Crippen molar-refractivity contribution in [3.8, 4) is 28.2 Å². The number of hydrogen-bond acceptors (Lipinski definition) is 4. The molecule has 37 heavy (non-hydrogen) atoms. The molecule has 0 fully saturated rings. The third-order valence-electron chi connectivity index (χ3n) is 6.75. The predicted octanol–water partition coefficient (Wildman–Crippen LogP) is 5.58. The van der Waals surface area contributed by atoms with Gasteiger partial charge in [0.1, 0.15) is 31.2 Å². The van der Waals surface area contributed by atoms with Gasteiger partial charge in [-0.2, -0.15) is 0 Å². The molecule has 0 unspecified atom stereocenters. The number of benzene rings is 3. The number of fused-ring (bicyclic) bond motifs is 2. The summed E-state index contributed by atoms with van der Waals surface area (Å²) < 4.78 is 14.2. The van der Waals surface area contributed by atoms with Gasteiger partial charge in [0, 0.05) is 53.8 Å². The average Bonchev–Trinajstić information content (AvgIpc) is 2.88. The van der Waals surface area contributed by atoms with E-state index < -0.39 is 0 Å². The van der Waals surface area contributed by atoms with Crippen LogP contribution in [0, 0.1) is 13.8 Å². The second-order valence-corrected chi connectivity index (χ2v) is 9.74. The summed E-state index contributed by atoms with van der Waals surface area (Å²) >= 11 is 0. The quantitative estimate of drug-likeness (QED) is 0.179. The summed E-state index contributed by atoms with van der Waals surface area (Å²) in [5.74, 6) is 1.88. The van der Waals surface area contributed by atoms with Crippen LogP contribution < -0.4 is 25.3 Å². The molecule has 2 aliphatic rings. The van der Waals surface area contributed by atoms with Crippen LogP contribution in [-0.4, -0.2) is 40.2 Å². The highest BCUT2D eigenvalue weighted by Gasteiger charge is 2.19. The number of ether oxygens (including phenoxy) is 1. The number of nitrogens with one attached hydrogen (secondary N) is 2. The summed E-state index contributed by atoms with van der Waals surface area (Å²) in [5, 5.41) is 8.60. The Morgan fingerprint density at radius 1 is 0.973 bits per heavy atom.